The number of benzene rings is 1. The highest BCUT2D eigenvalue weighted by molar-refractivity contribution is 8.00. The molecule has 1 aliphatic rings. The molecule has 1 fully saturated rings. The molecule has 1 saturated heterocycles. The van der Waals surface area contributed by atoms with Crippen molar-refractivity contribution in [3.8, 4) is 0 Å². The number of hydrogen-bond donors (Lipinski definition) is 1. The molecule has 1 N–H and O–H groups in total. The highest BCUT2D eigenvalue weighted by atomic mass is 32.2. The van der Waals surface area contributed by atoms with E-state index in [1.807, 2.05) is 30.0 Å². The van der Waals surface area contributed by atoms with E-state index in [1.54, 1.807) is 0 Å². The van der Waals surface area contributed by atoms with Gasteiger partial charge in [-0.3, -0.25) is 4.98 Å². The molecule has 0 bridgehead atoms. The fourth-order valence-electron chi connectivity index (χ4n) is 2.80. The molecule has 0 amide bonds. The van der Waals surface area contributed by atoms with Crippen molar-refractivity contribution < 1.29 is 5.11 Å². The van der Waals surface area contributed by atoms with E-state index in [0.29, 0.717) is 11.3 Å². The zero-order valence-corrected chi connectivity index (χ0v) is 12.7. The molecule has 0 spiro atoms. The molecule has 0 radical (unpaired) electrons. The molecule has 0 aliphatic carbocycles. The number of para-hydroxylation sites is 1. The number of hydrogen-bond acceptors (Lipinski definition) is 4. The van der Waals surface area contributed by atoms with Gasteiger partial charge in [0.25, 0.3) is 0 Å². The van der Waals surface area contributed by atoms with E-state index in [9.17, 15) is 5.11 Å². The largest absolute Gasteiger partial charge is 0.390 e. The van der Waals surface area contributed by atoms with Gasteiger partial charge in [0.05, 0.1) is 17.8 Å². The van der Waals surface area contributed by atoms with Crippen molar-refractivity contribution in [2.24, 2.45) is 0 Å². The van der Waals surface area contributed by atoms with E-state index >= 15 is 0 Å². The summed E-state index contributed by atoms with van der Waals surface area (Å²) in [5.74, 6) is 1.15. The molecule has 3 nitrogen and oxygen atoms in total. The Hall–Kier alpha value is -1.26. The number of pyridine rings is 1. The summed E-state index contributed by atoms with van der Waals surface area (Å²) >= 11 is 2.03. The molecule has 3 rings (SSSR count). The lowest BCUT2D eigenvalue weighted by Crippen LogP contribution is -2.44. The summed E-state index contributed by atoms with van der Waals surface area (Å²) < 4.78 is 0. The minimum Gasteiger partial charge on any atom is -0.390 e. The van der Waals surface area contributed by atoms with E-state index < -0.39 is 0 Å². The van der Waals surface area contributed by atoms with Crippen LogP contribution in [0.15, 0.2) is 30.3 Å². The molecular weight excluding hydrogens is 268 g/mol. The Balaban J connectivity index is 2.13. The summed E-state index contributed by atoms with van der Waals surface area (Å²) in [7, 11) is 0. The first-order valence-electron chi connectivity index (χ1n) is 7.08. The van der Waals surface area contributed by atoms with Crippen molar-refractivity contribution in [1.82, 2.24) is 4.98 Å². The predicted octanol–water partition coefficient (Wildman–Crippen LogP) is 3.06. The number of rotatable bonds is 2. The molecule has 2 atom stereocenters. The van der Waals surface area contributed by atoms with Gasteiger partial charge in [-0.25, -0.2) is 0 Å². The third-order valence-corrected chi connectivity index (χ3v) is 5.44. The van der Waals surface area contributed by atoms with Gasteiger partial charge in [0.15, 0.2) is 0 Å². The van der Waals surface area contributed by atoms with E-state index in [-0.39, 0.29) is 6.61 Å². The van der Waals surface area contributed by atoms with Gasteiger partial charge in [-0.2, -0.15) is 11.8 Å². The van der Waals surface area contributed by atoms with Gasteiger partial charge < -0.3 is 10.0 Å². The first-order chi connectivity index (χ1) is 9.70. The molecular formula is C16H20N2OS. The van der Waals surface area contributed by atoms with Gasteiger partial charge in [0.2, 0.25) is 0 Å². The second-order valence-electron chi connectivity index (χ2n) is 5.32. The zero-order chi connectivity index (χ0) is 14.1. The molecule has 4 heteroatoms. The quantitative estimate of drug-likeness (QED) is 0.921. The van der Waals surface area contributed by atoms with Crippen molar-refractivity contribution in [2.75, 3.05) is 17.2 Å². The monoisotopic (exact) mass is 288 g/mol. The average Bonchev–Trinajstić information content (AvgIpc) is 2.49. The Morgan fingerprint density at radius 3 is 2.95 bits per heavy atom. The van der Waals surface area contributed by atoms with Gasteiger partial charge in [-0.05, 0) is 19.1 Å². The summed E-state index contributed by atoms with van der Waals surface area (Å²) in [4.78, 5) is 6.97. The molecule has 2 unspecified atom stereocenters. The SMILES string of the molecule is CC1SCCN(c2cc(CO)nc3ccccc23)C1C. The number of aliphatic hydroxyl groups excluding tert-OH is 1. The maximum Gasteiger partial charge on any atom is 0.0854 e. The van der Waals surface area contributed by atoms with Crippen LogP contribution < -0.4 is 4.90 Å². The van der Waals surface area contributed by atoms with Crippen molar-refractivity contribution in [3.05, 3.63) is 36.0 Å². The van der Waals surface area contributed by atoms with Gasteiger partial charge in [-0.15, -0.1) is 0 Å². The Kier molecular flexibility index (Phi) is 3.85. The first-order valence-corrected chi connectivity index (χ1v) is 8.13. The fraction of sp³-hybridized carbons (Fsp3) is 0.438. The van der Waals surface area contributed by atoms with Crippen LogP contribution >= 0.6 is 11.8 Å². The van der Waals surface area contributed by atoms with Crippen molar-refractivity contribution in [2.45, 2.75) is 31.7 Å². The summed E-state index contributed by atoms with van der Waals surface area (Å²) in [6.07, 6.45) is 0. The Bertz CT molecular complexity index is 616. The van der Waals surface area contributed by atoms with E-state index in [2.05, 4.69) is 35.9 Å². The first kappa shape index (κ1) is 13.7. The number of thioether (sulfide) groups is 1. The van der Waals surface area contributed by atoms with Crippen LogP contribution in [0.5, 0.6) is 0 Å². The third kappa shape index (κ3) is 2.38. The minimum atomic E-state index is -0.00956. The van der Waals surface area contributed by atoms with Crippen LogP contribution in [-0.2, 0) is 6.61 Å². The van der Waals surface area contributed by atoms with Crippen LogP contribution in [0.3, 0.4) is 0 Å². The standard InChI is InChI=1S/C16H20N2OS/c1-11-12(2)20-8-7-18(11)16-9-13(10-19)17-15-6-4-3-5-14(15)16/h3-6,9,11-12,19H,7-8,10H2,1-2H3. The lowest BCUT2D eigenvalue weighted by Gasteiger charge is -2.39. The number of fused-ring (bicyclic) bond motifs is 1. The molecule has 0 saturated carbocycles. The molecule has 2 aromatic rings. The average molecular weight is 288 g/mol. The summed E-state index contributed by atoms with van der Waals surface area (Å²) in [6, 6.07) is 10.7. The molecule has 1 aromatic heterocycles. The lowest BCUT2D eigenvalue weighted by molar-refractivity contribution is 0.277. The van der Waals surface area contributed by atoms with Gasteiger partial charge in [-0.1, -0.05) is 25.1 Å². The van der Waals surface area contributed by atoms with Crippen LogP contribution in [0.1, 0.15) is 19.5 Å². The Labute approximate surface area is 124 Å². The number of aliphatic hydroxyl groups is 1. The maximum atomic E-state index is 9.45. The van der Waals surface area contributed by atoms with Crippen LogP contribution in [-0.4, -0.2) is 33.7 Å². The van der Waals surface area contributed by atoms with Crippen LogP contribution in [0.2, 0.25) is 0 Å². The van der Waals surface area contributed by atoms with Crippen LogP contribution in [0, 0.1) is 0 Å². The third-order valence-electron chi connectivity index (χ3n) is 4.10. The normalized spacial score (nSPS) is 23.2. The molecule has 106 valence electrons. The fourth-order valence-corrected chi connectivity index (χ4v) is 3.90. The van der Waals surface area contributed by atoms with Crippen LogP contribution in [0.4, 0.5) is 5.69 Å². The lowest BCUT2D eigenvalue weighted by atomic mass is 10.1. The summed E-state index contributed by atoms with van der Waals surface area (Å²) in [5.41, 5.74) is 2.92. The van der Waals surface area contributed by atoms with Gasteiger partial charge in [0, 0.05) is 34.7 Å². The van der Waals surface area contributed by atoms with Gasteiger partial charge >= 0.3 is 0 Å². The Morgan fingerprint density at radius 1 is 1.35 bits per heavy atom. The van der Waals surface area contributed by atoms with Crippen molar-refractivity contribution in [3.63, 3.8) is 0 Å². The van der Waals surface area contributed by atoms with Crippen molar-refractivity contribution >= 4 is 28.4 Å². The predicted molar refractivity (Wildman–Crippen MR) is 86.4 cm³/mol. The number of anilines is 1. The highest BCUT2D eigenvalue weighted by Crippen LogP contribution is 2.33. The highest BCUT2D eigenvalue weighted by Gasteiger charge is 2.26. The number of nitrogens with zero attached hydrogens (tertiary/aromatic N) is 2. The Morgan fingerprint density at radius 2 is 2.15 bits per heavy atom. The number of aromatic nitrogens is 1. The topological polar surface area (TPSA) is 36.4 Å². The van der Waals surface area contributed by atoms with E-state index in [4.69, 9.17) is 0 Å². The molecule has 1 aromatic carbocycles. The van der Waals surface area contributed by atoms with E-state index in [0.717, 1.165) is 23.5 Å². The molecule has 20 heavy (non-hydrogen) atoms. The molecule has 1 aliphatic heterocycles. The smallest absolute Gasteiger partial charge is 0.0854 e. The minimum absolute atomic E-state index is 0.00956. The van der Waals surface area contributed by atoms with Crippen LogP contribution in [0.25, 0.3) is 10.9 Å². The summed E-state index contributed by atoms with van der Waals surface area (Å²) in [5, 5.41) is 11.2. The summed E-state index contributed by atoms with van der Waals surface area (Å²) in [6.45, 7) is 5.61. The second kappa shape index (κ2) is 5.62. The van der Waals surface area contributed by atoms with Crippen molar-refractivity contribution in [1.29, 1.82) is 0 Å². The molecule has 2 heterocycles. The van der Waals surface area contributed by atoms with E-state index in [1.165, 1.54) is 11.1 Å². The second-order valence-corrected chi connectivity index (χ2v) is 6.80. The maximum absolute atomic E-state index is 9.45. The van der Waals surface area contributed by atoms with Gasteiger partial charge in [0.1, 0.15) is 0 Å². The zero-order valence-electron chi connectivity index (χ0n) is 11.9.